The summed E-state index contributed by atoms with van der Waals surface area (Å²) >= 11 is 0. The number of fused-ring (bicyclic) bond motifs is 3. The van der Waals surface area contributed by atoms with Gasteiger partial charge in [0.25, 0.3) is 0 Å². The molecule has 17 heavy (non-hydrogen) atoms. The number of nitrogens with two attached hydrogens (primary N) is 2. The molecule has 0 aromatic carbocycles. The highest BCUT2D eigenvalue weighted by Gasteiger charge is 2.48. The van der Waals surface area contributed by atoms with Crippen LogP contribution in [-0.2, 0) is 0 Å². The van der Waals surface area contributed by atoms with Crippen molar-refractivity contribution >= 4 is 0 Å². The van der Waals surface area contributed by atoms with Gasteiger partial charge in [0.15, 0.2) is 0 Å². The van der Waals surface area contributed by atoms with Crippen LogP contribution in [0, 0.1) is 5.92 Å². The minimum Gasteiger partial charge on any atom is -0.326 e. The van der Waals surface area contributed by atoms with Crippen molar-refractivity contribution in [2.75, 3.05) is 13.1 Å². The van der Waals surface area contributed by atoms with Gasteiger partial charge in [0.2, 0.25) is 0 Å². The second-order valence-electron chi connectivity index (χ2n) is 6.13. The summed E-state index contributed by atoms with van der Waals surface area (Å²) in [5.41, 5.74) is 13.2. The smallest absolute Gasteiger partial charge is 0.0429 e. The molecule has 0 spiro atoms. The second kappa shape index (κ2) is 5.25. The summed E-state index contributed by atoms with van der Waals surface area (Å²) in [6, 6.07) is 0.732. The Morgan fingerprint density at radius 1 is 1.12 bits per heavy atom. The van der Waals surface area contributed by atoms with Crippen LogP contribution in [0.3, 0.4) is 0 Å². The summed E-state index contributed by atoms with van der Waals surface area (Å²) < 4.78 is 0. The molecule has 3 fully saturated rings. The molecule has 3 heterocycles. The minimum atomic E-state index is -0.0536. The van der Waals surface area contributed by atoms with Gasteiger partial charge in [0, 0.05) is 17.6 Å². The Kier molecular flexibility index (Phi) is 4.11. The first-order chi connectivity index (χ1) is 8.12. The van der Waals surface area contributed by atoms with E-state index in [1.165, 1.54) is 25.9 Å². The van der Waals surface area contributed by atoms with Gasteiger partial charge < -0.3 is 11.5 Å². The normalized spacial score (nSPS) is 37.4. The highest BCUT2D eigenvalue weighted by Crippen LogP contribution is 2.38. The predicted molar refractivity (Wildman–Crippen MR) is 72.8 cm³/mol. The van der Waals surface area contributed by atoms with Crippen molar-refractivity contribution in [3.05, 3.63) is 0 Å². The zero-order valence-electron chi connectivity index (χ0n) is 11.5. The summed E-state index contributed by atoms with van der Waals surface area (Å²) in [5.74, 6) is 0.724. The number of piperidine rings is 3. The standard InChI is InChI=1S/C14H29N3/c1-3-7-14(16,8-4-2)13-12(15)11-5-9-17(13)10-6-11/h11-13H,3-10,15-16H2,1-2H3. The van der Waals surface area contributed by atoms with E-state index in [1.54, 1.807) is 0 Å². The van der Waals surface area contributed by atoms with E-state index in [-0.39, 0.29) is 5.54 Å². The summed E-state index contributed by atoms with van der Waals surface area (Å²) in [7, 11) is 0. The largest absolute Gasteiger partial charge is 0.326 e. The summed E-state index contributed by atoms with van der Waals surface area (Å²) in [4.78, 5) is 2.58. The summed E-state index contributed by atoms with van der Waals surface area (Å²) in [6.07, 6.45) is 7.12. The maximum atomic E-state index is 6.75. The van der Waals surface area contributed by atoms with E-state index in [0.29, 0.717) is 12.1 Å². The van der Waals surface area contributed by atoms with Gasteiger partial charge in [-0.2, -0.15) is 0 Å². The third-order valence-electron chi connectivity index (χ3n) is 4.90. The topological polar surface area (TPSA) is 55.3 Å². The van der Waals surface area contributed by atoms with Crippen LogP contribution in [0.1, 0.15) is 52.4 Å². The van der Waals surface area contributed by atoms with Crippen molar-refractivity contribution in [1.29, 1.82) is 0 Å². The fraction of sp³-hybridized carbons (Fsp3) is 1.00. The Hall–Kier alpha value is -0.120. The van der Waals surface area contributed by atoms with E-state index in [9.17, 15) is 0 Å². The van der Waals surface area contributed by atoms with Crippen LogP contribution in [0.2, 0.25) is 0 Å². The van der Waals surface area contributed by atoms with Gasteiger partial charge in [-0.05, 0) is 44.7 Å². The maximum absolute atomic E-state index is 6.75. The molecule has 0 aliphatic carbocycles. The average Bonchev–Trinajstić information content (AvgIpc) is 2.30. The van der Waals surface area contributed by atoms with Crippen LogP contribution in [0.5, 0.6) is 0 Å². The molecule has 3 aliphatic heterocycles. The molecule has 2 atom stereocenters. The fourth-order valence-electron chi connectivity index (χ4n) is 4.18. The molecule has 0 radical (unpaired) electrons. The first kappa shape index (κ1) is 13.3. The molecule has 2 bridgehead atoms. The molecule has 0 saturated carbocycles. The van der Waals surface area contributed by atoms with Crippen LogP contribution in [-0.4, -0.2) is 35.6 Å². The SMILES string of the molecule is CCCC(N)(CCC)C1C(N)C2CCN1CC2. The molecule has 3 aliphatic rings. The Bertz CT molecular complexity index is 238. The van der Waals surface area contributed by atoms with Gasteiger partial charge in [-0.3, -0.25) is 4.90 Å². The molecule has 0 aromatic rings. The highest BCUT2D eigenvalue weighted by molar-refractivity contribution is 5.08. The van der Waals surface area contributed by atoms with Crippen LogP contribution in [0.25, 0.3) is 0 Å². The molecule has 3 nitrogen and oxygen atoms in total. The molecule has 0 amide bonds. The molecular formula is C14H29N3. The zero-order chi connectivity index (χ0) is 12.5. The number of nitrogens with zero attached hydrogens (tertiary/aromatic N) is 1. The number of hydrogen-bond donors (Lipinski definition) is 2. The lowest BCUT2D eigenvalue weighted by Crippen LogP contribution is -2.72. The highest BCUT2D eigenvalue weighted by atomic mass is 15.2. The summed E-state index contributed by atoms with van der Waals surface area (Å²) in [5, 5.41) is 0. The molecule has 3 saturated heterocycles. The summed E-state index contributed by atoms with van der Waals surface area (Å²) in [6.45, 7) is 6.91. The molecule has 100 valence electrons. The Morgan fingerprint density at radius 3 is 2.06 bits per heavy atom. The first-order valence-electron chi connectivity index (χ1n) is 7.41. The first-order valence-corrected chi connectivity index (χ1v) is 7.41. The fourth-order valence-corrected chi connectivity index (χ4v) is 4.18. The average molecular weight is 239 g/mol. The van der Waals surface area contributed by atoms with Gasteiger partial charge in [-0.25, -0.2) is 0 Å². The monoisotopic (exact) mass is 239 g/mol. The van der Waals surface area contributed by atoms with Crippen LogP contribution < -0.4 is 11.5 Å². The van der Waals surface area contributed by atoms with Crippen molar-refractivity contribution in [2.24, 2.45) is 17.4 Å². The van der Waals surface area contributed by atoms with Gasteiger partial charge in [0.05, 0.1) is 0 Å². The Morgan fingerprint density at radius 2 is 1.65 bits per heavy atom. The molecule has 2 unspecified atom stereocenters. The lowest BCUT2D eigenvalue weighted by molar-refractivity contribution is -0.0181. The minimum absolute atomic E-state index is 0.0536. The quantitative estimate of drug-likeness (QED) is 0.768. The molecule has 4 N–H and O–H groups in total. The third-order valence-corrected chi connectivity index (χ3v) is 4.90. The Labute approximate surface area is 106 Å². The Balaban J connectivity index is 2.17. The van der Waals surface area contributed by atoms with E-state index in [2.05, 4.69) is 18.7 Å². The molecular weight excluding hydrogens is 210 g/mol. The molecule has 0 aromatic heterocycles. The van der Waals surface area contributed by atoms with Crippen molar-refractivity contribution in [3.8, 4) is 0 Å². The van der Waals surface area contributed by atoms with Gasteiger partial charge in [-0.15, -0.1) is 0 Å². The predicted octanol–water partition coefficient (Wildman–Crippen LogP) is 1.71. The lowest BCUT2D eigenvalue weighted by atomic mass is 9.69. The van der Waals surface area contributed by atoms with Crippen molar-refractivity contribution in [1.82, 2.24) is 4.90 Å². The molecule has 3 heteroatoms. The van der Waals surface area contributed by atoms with E-state index in [1.807, 2.05) is 0 Å². The molecule has 3 rings (SSSR count). The van der Waals surface area contributed by atoms with Crippen LogP contribution in [0.4, 0.5) is 0 Å². The number of hydrogen-bond acceptors (Lipinski definition) is 3. The van der Waals surface area contributed by atoms with Gasteiger partial charge in [0.1, 0.15) is 0 Å². The van der Waals surface area contributed by atoms with E-state index in [4.69, 9.17) is 11.5 Å². The van der Waals surface area contributed by atoms with Crippen LogP contribution >= 0.6 is 0 Å². The van der Waals surface area contributed by atoms with Gasteiger partial charge >= 0.3 is 0 Å². The third kappa shape index (κ3) is 2.38. The maximum Gasteiger partial charge on any atom is 0.0429 e. The van der Waals surface area contributed by atoms with Crippen LogP contribution in [0.15, 0.2) is 0 Å². The van der Waals surface area contributed by atoms with E-state index < -0.39 is 0 Å². The van der Waals surface area contributed by atoms with Crippen molar-refractivity contribution in [3.63, 3.8) is 0 Å². The van der Waals surface area contributed by atoms with E-state index >= 15 is 0 Å². The zero-order valence-corrected chi connectivity index (χ0v) is 11.5. The number of rotatable bonds is 5. The second-order valence-corrected chi connectivity index (χ2v) is 6.13. The van der Waals surface area contributed by atoms with Crippen molar-refractivity contribution < 1.29 is 0 Å². The lowest BCUT2D eigenvalue weighted by Gasteiger charge is -2.56. The van der Waals surface area contributed by atoms with E-state index in [0.717, 1.165) is 31.6 Å². The van der Waals surface area contributed by atoms with Crippen molar-refractivity contribution in [2.45, 2.75) is 70.0 Å². The van der Waals surface area contributed by atoms with Gasteiger partial charge in [-0.1, -0.05) is 26.7 Å².